The SMILES string of the molecule is O=C(NC(C(=O)O)c1ccc2c(c1)CN(S(=O)(=O)c1cccc(OC(F)(F)F)c1)CC2)c1cccc2c1-c1ccccc1C2=O. The molecule has 2 aliphatic rings. The van der Waals surface area contributed by atoms with Gasteiger partial charge in [-0.25, -0.2) is 13.2 Å². The van der Waals surface area contributed by atoms with Gasteiger partial charge in [0.2, 0.25) is 10.0 Å². The van der Waals surface area contributed by atoms with Gasteiger partial charge in [-0.2, -0.15) is 4.31 Å². The van der Waals surface area contributed by atoms with Gasteiger partial charge >= 0.3 is 12.3 Å². The number of amides is 1. The lowest BCUT2D eigenvalue weighted by molar-refractivity contribution is -0.274. The Hall–Kier alpha value is -5.01. The minimum Gasteiger partial charge on any atom is -0.479 e. The zero-order valence-corrected chi connectivity index (χ0v) is 24.0. The van der Waals surface area contributed by atoms with Gasteiger partial charge in [-0.15, -0.1) is 13.2 Å². The molecule has 0 radical (unpaired) electrons. The number of benzene rings is 4. The van der Waals surface area contributed by atoms with E-state index in [1.54, 1.807) is 42.5 Å². The molecule has 13 heteroatoms. The molecule has 2 N–H and O–H groups in total. The highest BCUT2D eigenvalue weighted by atomic mass is 32.2. The van der Waals surface area contributed by atoms with E-state index in [0.717, 1.165) is 34.1 Å². The van der Waals surface area contributed by atoms with Crippen LogP contribution in [0.4, 0.5) is 13.2 Å². The zero-order valence-electron chi connectivity index (χ0n) is 23.2. The van der Waals surface area contributed by atoms with E-state index in [1.165, 1.54) is 18.2 Å². The van der Waals surface area contributed by atoms with Gasteiger partial charge in [-0.1, -0.05) is 60.7 Å². The van der Waals surface area contributed by atoms with E-state index in [0.29, 0.717) is 27.8 Å². The number of carboxylic acids is 1. The predicted octanol–water partition coefficient (Wildman–Crippen LogP) is 5.10. The van der Waals surface area contributed by atoms with Gasteiger partial charge in [0.1, 0.15) is 5.75 Å². The molecule has 1 heterocycles. The van der Waals surface area contributed by atoms with E-state index in [2.05, 4.69) is 10.1 Å². The van der Waals surface area contributed by atoms with Gasteiger partial charge in [-0.3, -0.25) is 9.59 Å². The van der Waals surface area contributed by atoms with Crippen molar-refractivity contribution >= 4 is 27.7 Å². The van der Waals surface area contributed by atoms with Crippen LogP contribution in [-0.2, 0) is 27.8 Å². The highest BCUT2D eigenvalue weighted by Gasteiger charge is 2.35. The number of fused-ring (bicyclic) bond motifs is 4. The predicted molar refractivity (Wildman–Crippen MR) is 154 cm³/mol. The Bertz CT molecular complexity index is 1990. The first-order valence-electron chi connectivity index (χ1n) is 13.6. The third-order valence-electron chi connectivity index (χ3n) is 7.73. The van der Waals surface area contributed by atoms with Crippen LogP contribution in [0, 0.1) is 0 Å². The summed E-state index contributed by atoms with van der Waals surface area (Å²) in [5.41, 5.74) is 3.30. The molecule has 0 saturated heterocycles. The van der Waals surface area contributed by atoms with Crippen molar-refractivity contribution in [1.29, 1.82) is 0 Å². The molecule has 230 valence electrons. The van der Waals surface area contributed by atoms with Crippen LogP contribution >= 0.6 is 0 Å². The summed E-state index contributed by atoms with van der Waals surface area (Å²) in [5.74, 6) is -3.00. The lowest BCUT2D eigenvalue weighted by Gasteiger charge is -2.29. The molecule has 0 aromatic heterocycles. The average Bonchev–Trinajstić information content (AvgIpc) is 3.30. The quantitative estimate of drug-likeness (QED) is 0.254. The summed E-state index contributed by atoms with van der Waals surface area (Å²) in [6.45, 7) is -0.140. The van der Waals surface area contributed by atoms with Crippen LogP contribution in [0.5, 0.6) is 5.75 Å². The van der Waals surface area contributed by atoms with Crippen molar-refractivity contribution in [3.8, 4) is 16.9 Å². The van der Waals surface area contributed by atoms with Gasteiger partial charge in [0.15, 0.2) is 11.8 Å². The molecule has 0 fully saturated rings. The van der Waals surface area contributed by atoms with Crippen molar-refractivity contribution in [3.63, 3.8) is 0 Å². The molecule has 45 heavy (non-hydrogen) atoms. The summed E-state index contributed by atoms with van der Waals surface area (Å²) < 4.78 is 69.8. The zero-order chi connectivity index (χ0) is 32.1. The molecule has 0 bridgehead atoms. The summed E-state index contributed by atoms with van der Waals surface area (Å²) in [4.78, 5) is 38.4. The Morgan fingerprint density at radius 2 is 1.60 bits per heavy atom. The molecule has 1 aliphatic carbocycles. The van der Waals surface area contributed by atoms with E-state index < -0.39 is 44.9 Å². The second-order valence-electron chi connectivity index (χ2n) is 10.5. The molecule has 4 aromatic rings. The highest BCUT2D eigenvalue weighted by Crippen LogP contribution is 2.39. The molecule has 4 aromatic carbocycles. The Kier molecular flexibility index (Phi) is 7.45. The second-order valence-corrected chi connectivity index (χ2v) is 12.4. The number of ether oxygens (including phenoxy) is 1. The van der Waals surface area contributed by atoms with Crippen LogP contribution in [-0.4, -0.2) is 48.4 Å². The van der Waals surface area contributed by atoms with Crippen LogP contribution < -0.4 is 10.1 Å². The maximum Gasteiger partial charge on any atom is 0.573 e. The Morgan fingerprint density at radius 3 is 2.33 bits per heavy atom. The summed E-state index contributed by atoms with van der Waals surface area (Å²) in [5, 5.41) is 12.6. The average molecular weight is 637 g/mol. The number of aliphatic carboxylic acids is 1. The Balaban J connectivity index is 1.26. The Morgan fingerprint density at radius 1 is 0.889 bits per heavy atom. The van der Waals surface area contributed by atoms with Crippen LogP contribution in [0.2, 0.25) is 0 Å². The van der Waals surface area contributed by atoms with Crippen molar-refractivity contribution in [2.75, 3.05) is 6.54 Å². The summed E-state index contributed by atoms with van der Waals surface area (Å²) >= 11 is 0. The van der Waals surface area contributed by atoms with Gasteiger partial charge in [-0.05, 0) is 46.9 Å². The number of carbonyl (C=O) groups excluding carboxylic acids is 2. The minimum atomic E-state index is -5.00. The first-order valence-corrected chi connectivity index (χ1v) is 15.1. The van der Waals surface area contributed by atoms with E-state index in [4.69, 9.17) is 0 Å². The molecule has 0 spiro atoms. The number of carbonyl (C=O) groups is 3. The summed E-state index contributed by atoms with van der Waals surface area (Å²) in [6.07, 6.45) is -4.73. The molecule has 1 atom stereocenters. The van der Waals surface area contributed by atoms with Crippen LogP contribution in [0.1, 0.15) is 49.0 Å². The number of hydrogen-bond acceptors (Lipinski definition) is 6. The highest BCUT2D eigenvalue weighted by molar-refractivity contribution is 7.89. The van der Waals surface area contributed by atoms with Gasteiger partial charge in [0.25, 0.3) is 5.91 Å². The number of halogens is 3. The van der Waals surface area contributed by atoms with Gasteiger partial charge in [0, 0.05) is 41.4 Å². The Labute approximate surface area is 254 Å². The fourth-order valence-electron chi connectivity index (χ4n) is 5.68. The van der Waals surface area contributed by atoms with E-state index >= 15 is 0 Å². The lowest BCUT2D eigenvalue weighted by Crippen LogP contribution is -2.37. The first kappa shape index (κ1) is 30.0. The van der Waals surface area contributed by atoms with Gasteiger partial charge < -0.3 is 15.2 Å². The van der Waals surface area contributed by atoms with E-state index in [1.807, 2.05) is 0 Å². The monoisotopic (exact) mass is 636 g/mol. The normalized spacial score (nSPS) is 15.0. The third kappa shape index (κ3) is 5.67. The largest absolute Gasteiger partial charge is 0.573 e. The third-order valence-corrected chi connectivity index (χ3v) is 9.58. The standard InChI is InChI=1S/C32H23F3N2O7S/c33-32(34,35)44-21-5-3-6-22(16-21)45(42,43)37-14-13-18-11-12-19(15-20(18)17-37)28(31(40)41)36-30(39)26-10-4-9-25-27(26)23-7-1-2-8-24(23)29(25)38/h1-12,15-16,28H,13-14,17H2,(H,36,39)(H,40,41). The second kappa shape index (κ2) is 11.2. The maximum atomic E-state index is 13.5. The molecular weight excluding hydrogens is 613 g/mol. The molecular formula is C32H23F3N2O7S. The van der Waals surface area contributed by atoms with Crippen molar-refractivity contribution < 1.29 is 45.8 Å². The summed E-state index contributed by atoms with van der Waals surface area (Å²) in [7, 11) is -4.25. The van der Waals surface area contributed by atoms with Crippen molar-refractivity contribution in [2.45, 2.75) is 30.3 Å². The van der Waals surface area contributed by atoms with Crippen molar-refractivity contribution in [2.24, 2.45) is 0 Å². The molecule has 1 aliphatic heterocycles. The number of ketones is 1. The topological polar surface area (TPSA) is 130 Å². The van der Waals surface area contributed by atoms with Crippen molar-refractivity contribution in [1.82, 2.24) is 9.62 Å². The number of carboxylic acid groups (broad SMARTS) is 1. The molecule has 1 unspecified atom stereocenters. The van der Waals surface area contributed by atoms with E-state index in [-0.39, 0.29) is 36.4 Å². The lowest BCUT2D eigenvalue weighted by atomic mass is 9.95. The fraction of sp³-hybridized carbons (Fsp3) is 0.156. The number of nitrogens with zero attached hydrogens (tertiary/aromatic N) is 1. The number of nitrogens with one attached hydrogen (secondary N) is 1. The van der Waals surface area contributed by atoms with Crippen LogP contribution in [0.3, 0.4) is 0 Å². The molecule has 9 nitrogen and oxygen atoms in total. The first-order chi connectivity index (χ1) is 21.3. The smallest absolute Gasteiger partial charge is 0.479 e. The molecule has 0 saturated carbocycles. The maximum absolute atomic E-state index is 13.5. The molecule has 6 rings (SSSR count). The number of rotatable bonds is 7. The summed E-state index contributed by atoms with van der Waals surface area (Å²) in [6, 6.07) is 18.7. The number of alkyl halides is 3. The van der Waals surface area contributed by atoms with Crippen LogP contribution in [0.25, 0.3) is 11.1 Å². The van der Waals surface area contributed by atoms with E-state index in [9.17, 15) is 41.1 Å². The number of hydrogen-bond donors (Lipinski definition) is 2. The van der Waals surface area contributed by atoms with Gasteiger partial charge in [0.05, 0.1) is 4.90 Å². The van der Waals surface area contributed by atoms with Crippen LogP contribution in [0.15, 0.2) is 89.8 Å². The van der Waals surface area contributed by atoms with Crippen molar-refractivity contribution in [3.05, 3.63) is 118 Å². The number of sulfonamides is 1. The fourth-order valence-corrected chi connectivity index (χ4v) is 7.13. The minimum absolute atomic E-state index is 0.0391. The molecule has 1 amide bonds.